The Kier molecular flexibility index (Phi) is 4.42. The first-order valence-electron chi connectivity index (χ1n) is 5.47. The molecule has 16 heavy (non-hydrogen) atoms. The van der Waals surface area contributed by atoms with E-state index in [1.54, 1.807) is 6.07 Å². The molecule has 1 atom stereocenters. The number of nitrogens with two attached hydrogens (primary N) is 1. The lowest BCUT2D eigenvalue weighted by molar-refractivity contribution is -0.00000384. The zero-order chi connectivity index (χ0) is 10.8. The summed E-state index contributed by atoms with van der Waals surface area (Å²) in [5, 5.41) is 0. The lowest BCUT2D eigenvalue weighted by atomic mass is 9.99. The molecule has 2 nitrogen and oxygen atoms in total. The summed E-state index contributed by atoms with van der Waals surface area (Å²) in [6, 6.07) is 4.66. The molecular formula is C12H17ClFN2-. The summed E-state index contributed by atoms with van der Waals surface area (Å²) < 4.78 is 12.9. The van der Waals surface area contributed by atoms with Crippen LogP contribution < -0.4 is 23.0 Å². The lowest BCUT2D eigenvalue weighted by Crippen LogP contribution is -3.00. The third-order valence-electron chi connectivity index (χ3n) is 2.99. The molecule has 1 fully saturated rings. The van der Waals surface area contributed by atoms with Crippen LogP contribution in [0.3, 0.4) is 0 Å². The summed E-state index contributed by atoms with van der Waals surface area (Å²) in [4.78, 5) is 2.25. The Balaban J connectivity index is 0.00000128. The van der Waals surface area contributed by atoms with E-state index in [1.807, 2.05) is 0 Å². The third-order valence-corrected chi connectivity index (χ3v) is 2.99. The number of hydrogen-bond donors (Lipinski definition) is 1. The molecule has 0 saturated carbocycles. The smallest absolute Gasteiger partial charge is 0.125 e. The van der Waals surface area contributed by atoms with Gasteiger partial charge in [-0.1, -0.05) is 6.92 Å². The van der Waals surface area contributed by atoms with Gasteiger partial charge >= 0.3 is 0 Å². The van der Waals surface area contributed by atoms with Crippen LogP contribution in [0.1, 0.15) is 19.8 Å². The highest BCUT2D eigenvalue weighted by molar-refractivity contribution is 5.67. The standard InChI is InChI=1S/C12H17FN2.ClH/c1-9-3-2-6-15(8-9)12-5-4-10(13)7-11(12)14;/h4-5,7,9H,2-3,6,8,14H2,1H3;1H/p-1. The maximum absolute atomic E-state index is 12.9. The Bertz CT molecular complexity index is 357. The van der Waals surface area contributed by atoms with Crippen LogP contribution in [0.15, 0.2) is 18.2 Å². The van der Waals surface area contributed by atoms with Crippen LogP contribution in [0.5, 0.6) is 0 Å². The van der Waals surface area contributed by atoms with E-state index in [0.717, 1.165) is 18.8 Å². The predicted octanol–water partition coefficient (Wildman–Crippen LogP) is -0.352. The van der Waals surface area contributed by atoms with Gasteiger partial charge in [-0.3, -0.25) is 0 Å². The zero-order valence-electron chi connectivity index (χ0n) is 9.42. The van der Waals surface area contributed by atoms with Crippen molar-refractivity contribution in [2.45, 2.75) is 19.8 Å². The Labute approximate surface area is 102 Å². The van der Waals surface area contributed by atoms with Crippen molar-refractivity contribution in [3.8, 4) is 0 Å². The van der Waals surface area contributed by atoms with Crippen LogP contribution >= 0.6 is 0 Å². The van der Waals surface area contributed by atoms with Crippen LogP contribution in [-0.2, 0) is 0 Å². The van der Waals surface area contributed by atoms with Crippen molar-refractivity contribution in [3.63, 3.8) is 0 Å². The minimum atomic E-state index is -0.263. The Morgan fingerprint density at radius 2 is 2.19 bits per heavy atom. The van der Waals surface area contributed by atoms with Gasteiger partial charge in [-0.15, -0.1) is 0 Å². The fraction of sp³-hybridized carbons (Fsp3) is 0.500. The summed E-state index contributed by atoms with van der Waals surface area (Å²) in [6.07, 6.45) is 2.47. The Morgan fingerprint density at radius 3 is 2.81 bits per heavy atom. The minimum Gasteiger partial charge on any atom is -1.00 e. The van der Waals surface area contributed by atoms with E-state index in [4.69, 9.17) is 5.73 Å². The SMILES string of the molecule is CC1CCCN(c2ccc(F)cc2N)C1.[Cl-]. The van der Waals surface area contributed by atoms with Gasteiger partial charge in [-0.25, -0.2) is 4.39 Å². The molecular weight excluding hydrogens is 227 g/mol. The predicted molar refractivity (Wildman–Crippen MR) is 61.4 cm³/mol. The zero-order valence-corrected chi connectivity index (χ0v) is 10.2. The summed E-state index contributed by atoms with van der Waals surface area (Å²) >= 11 is 0. The topological polar surface area (TPSA) is 29.3 Å². The number of rotatable bonds is 1. The van der Waals surface area contributed by atoms with E-state index >= 15 is 0 Å². The van der Waals surface area contributed by atoms with E-state index < -0.39 is 0 Å². The summed E-state index contributed by atoms with van der Waals surface area (Å²) in [5.41, 5.74) is 7.34. The van der Waals surface area contributed by atoms with Gasteiger partial charge in [-0.05, 0) is 37.0 Å². The first-order valence-corrected chi connectivity index (χ1v) is 5.47. The van der Waals surface area contributed by atoms with Crippen molar-refractivity contribution in [2.24, 2.45) is 5.92 Å². The summed E-state index contributed by atoms with van der Waals surface area (Å²) in [5.74, 6) is 0.435. The molecule has 0 aromatic heterocycles. The number of nitrogens with zero attached hydrogens (tertiary/aromatic N) is 1. The van der Waals surface area contributed by atoms with Crippen molar-refractivity contribution in [2.75, 3.05) is 23.7 Å². The van der Waals surface area contributed by atoms with Crippen molar-refractivity contribution >= 4 is 11.4 Å². The van der Waals surface area contributed by atoms with Gasteiger partial charge in [0.05, 0.1) is 11.4 Å². The number of hydrogen-bond acceptors (Lipinski definition) is 2. The molecule has 1 heterocycles. The number of benzene rings is 1. The number of halogens is 2. The molecule has 2 N–H and O–H groups in total. The lowest BCUT2D eigenvalue weighted by Gasteiger charge is -2.33. The van der Waals surface area contributed by atoms with Crippen molar-refractivity contribution in [3.05, 3.63) is 24.0 Å². The molecule has 1 aliphatic rings. The van der Waals surface area contributed by atoms with Crippen LogP contribution in [0.2, 0.25) is 0 Å². The average molecular weight is 244 g/mol. The highest BCUT2D eigenvalue weighted by Gasteiger charge is 2.18. The average Bonchev–Trinajstić information content (AvgIpc) is 2.17. The molecule has 1 aliphatic heterocycles. The number of nitrogen functional groups attached to an aromatic ring is 1. The molecule has 0 spiro atoms. The van der Waals surface area contributed by atoms with Crippen molar-refractivity contribution in [1.29, 1.82) is 0 Å². The van der Waals surface area contributed by atoms with E-state index in [9.17, 15) is 4.39 Å². The van der Waals surface area contributed by atoms with Crippen LogP contribution in [0.4, 0.5) is 15.8 Å². The molecule has 1 unspecified atom stereocenters. The second kappa shape index (κ2) is 5.39. The molecule has 0 amide bonds. The molecule has 1 aromatic carbocycles. The number of anilines is 2. The van der Waals surface area contributed by atoms with Gasteiger partial charge in [-0.2, -0.15) is 0 Å². The number of piperidine rings is 1. The summed E-state index contributed by atoms with van der Waals surface area (Å²) in [7, 11) is 0. The molecule has 1 saturated heterocycles. The quantitative estimate of drug-likeness (QED) is 0.684. The first-order chi connectivity index (χ1) is 7.16. The first kappa shape index (κ1) is 13.1. The fourth-order valence-corrected chi connectivity index (χ4v) is 2.22. The monoisotopic (exact) mass is 243 g/mol. The van der Waals surface area contributed by atoms with E-state index in [0.29, 0.717) is 11.6 Å². The van der Waals surface area contributed by atoms with Gasteiger partial charge in [0.25, 0.3) is 0 Å². The van der Waals surface area contributed by atoms with E-state index in [-0.39, 0.29) is 18.2 Å². The van der Waals surface area contributed by atoms with E-state index in [1.165, 1.54) is 25.0 Å². The highest BCUT2D eigenvalue weighted by Crippen LogP contribution is 2.28. The molecule has 0 bridgehead atoms. The van der Waals surface area contributed by atoms with Gasteiger partial charge in [0.15, 0.2) is 0 Å². The summed E-state index contributed by atoms with van der Waals surface area (Å²) in [6.45, 7) is 4.29. The van der Waals surface area contributed by atoms with Gasteiger partial charge < -0.3 is 23.0 Å². The second-order valence-electron chi connectivity index (χ2n) is 4.40. The molecule has 0 aliphatic carbocycles. The fourth-order valence-electron chi connectivity index (χ4n) is 2.22. The highest BCUT2D eigenvalue weighted by atomic mass is 35.5. The maximum atomic E-state index is 12.9. The maximum Gasteiger partial charge on any atom is 0.125 e. The molecule has 4 heteroatoms. The van der Waals surface area contributed by atoms with Crippen LogP contribution in [-0.4, -0.2) is 13.1 Å². The Morgan fingerprint density at radius 1 is 1.44 bits per heavy atom. The minimum absolute atomic E-state index is 0. The largest absolute Gasteiger partial charge is 1.00 e. The molecule has 2 rings (SSSR count). The Hall–Kier alpha value is -0.960. The normalized spacial score (nSPS) is 20.4. The van der Waals surface area contributed by atoms with Crippen molar-refractivity contribution in [1.82, 2.24) is 0 Å². The molecule has 1 aromatic rings. The van der Waals surface area contributed by atoms with Crippen LogP contribution in [0, 0.1) is 11.7 Å². The third kappa shape index (κ3) is 2.79. The second-order valence-corrected chi connectivity index (χ2v) is 4.40. The van der Waals surface area contributed by atoms with Gasteiger partial charge in [0.2, 0.25) is 0 Å². The van der Waals surface area contributed by atoms with Crippen LogP contribution in [0.25, 0.3) is 0 Å². The van der Waals surface area contributed by atoms with Crippen molar-refractivity contribution < 1.29 is 16.8 Å². The molecule has 0 radical (unpaired) electrons. The molecule has 90 valence electrons. The van der Waals surface area contributed by atoms with Gasteiger partial charge in [0, 0.05) is 13.1 Å². The van der Waals surface area contributed by atoms with Gasteiger partial charge in [0.1, 0.15) is 5.82 Å². The van der Waals surface area contributed by atoms with E-state index in [2.05, 4.69) is 11.8 Å².